The summed E-state index contributed by atoms with van der Waals surface area (Å²) in [7, 11) is 0. The number of hydrogen-bond acceptors (Lipinski definition) is 4. The fraction of sp³-hybridized carbons (Fsp3) is 0.556. The Kier molecular flexibility index (Phi) is 4.03. The molecule has 0 spiro atoms. The zero-order valence-electron chi connectivity index (χ0n) is 21.2. The third-order valence-corrected chi connectivity index (χ3v) is 6.91. The molecule has 0 N–H and O–H groups in total. The average molecular weight is 430 g/mol. The van der Waals surface area contributed by atoms with E-state index in [0.717, 1.165) is 45.8 Å². The van der Waals surface area contributed by atoms with Gasteiger partial charge in [0.2, 0.25) is 0 Å². The number of rotatable bonds is 0. The van der Waals surface area contributed by atoms with Crippen molar-refractivity contribution in [3.63, 3.8) is 0 Å². The van der Waals surface area contributed by atoms with Crippen LogP contribution in [-0.4, -0.2) is 24.3 Å². The molecule has 0 unspecified atom stereocenters. The molecule has 32 heavy (non-hydrogen) atoms. The number of nitrogens with zero attached hydrogens (tertiary/aromatic N) is 5. The minimum Gasteiger partial charge on any atom is -0.278 e. The van der Waals surface area contributed by atoms with E-state index in [2.05, 4.69) is 85.8 Å². The molecule has 5 rings (SSSR count). The smallest absolute Gasteiger partial charge is 0.198 e. The van der Waals surface area contributed by atoms with E-state index >= 15 is 0 Å². The highest BCUT2D eigenvalue weighted by Gasteiger charge is 2.45. The molecule has 5 nitrogen and oxygen atoms in total. The molecule has 0 fully saturated rings. The van der Waals surface area contributed by atoms with Crippen LogP contribution in [0.1, 0.15) is 98.4 Å². The fourth-order valence-electron chi connectivity index (χ4n) is 5.47. The average Bonchev–Trinajstić information content (AvgIpc) is 3.10. The summed E-state index contributed by atoms with van der Waals surface area (Å²) < 4.78 is 2.23. The lowest BCUT2D eigenvalue weighted by atomic mass is 9.83. The van der Waals surface area contributed by atoms with Gasteiger partial charge in [-0.05, 0) is 23.9 Å². The molecule has 0 atom stereocenters. The Hall–Kier alpha value is -2.56. The standard InChI is InChI=1S/C27H35N5/c1-24(2,3)17-11-15-12-18(25(4,5)6)32-22(16(15)13-28-17)31-21-23(32)30-20-19(29-21)26(7,8)14-27(20,9)10/h11-13H,14H2,1-10H3. The van der Waals surface area contributed by atoms with Crippen LogP contribution in [0.25, 0.3) is 27.7 Å². The van der Waals surface area contributed by atoms with Gasteiger partial charge in [-0.1, -0.05) is 69.2 Å². The van der Waals surface area contributed by atoms with Gasteiger partial charge in [0.15, 0.2) is 16.9 Å². The largest absolute Gasteiger partial charge is 0.278 e. The second-order valence-electron chi connectivity index (χ2n) is 13.0. The summed E-state index contributed by atoms with van der Waals surface area (Å²) in [5.74, 6) is 0. The van der Waals surface area contributed by atoms with Crippen molar-refractivity contribution in [2.75, 3.05) is 0 Å². The molecule has 1 aliphatic rings. The van der Waals surface area contributed by atoms with Gasteiger partial charge >= 0.3 is 0 Å². The lowest BCUT2D eigenvalue weighted by Gasteiger charge is -2.23. The van der Waals surface area contributed by atoms with Gasteiger partial charge in [-0.2, -0.15) is 0 Å². The molecule has 0 radical (unpaired) electrons. The highest BCUT2D eigenvalue weighted by atomic mass is 15.1. The van der Waals surface area contributed by atoms with E-state index in [0.29, 0.717) is 0 Å². The van der Waals surface area contributed by atoms with Crippen molar-refractivity contribution in [3.8, 4) is 0 Å². The predicted molar refractivity (Wildman–Crippen MR) is 132 cm³/mol. The van der Waals surface area contributed by atoms with Gasteiger partial charge in [0.1, 0.15) is 0 Å². The number of fused-ring (bicyclic) bond motifs is 6. The topological polar surface area (TPSA) is 56.0 Å². The van der Waals surface area contributed by atoms with E-state index in [1.54, 1.807) is 0 Å². The van der Waals surface area contributed by atoms with Crippen LogP contribution < -0.4 is 0 Å². The molecule has 4 heterocycles. The Morgan fingerprint density at radius 2 is 1.41 bits per heavy atom. The second-order valence-corrected chi connectivity index (χ2v) is 13.0. The van der Waals surface area contributed by atoms with Crippen LogP contribution in [0.4, 0.5) is 0 Å². The Bertz CT molecular complexity index is 1410. The van der Waals surface area contributed by atoms with Gasteiger partial charge in [0, 0.05) is 44.6 Å². The second kappa shape index (κ2) is 6.06. The molecule has 0 saturated heterocycles. The monoisotopic (exact) mass is 429 g/mol. The first-order valence-corrected chi connectivity index (χ1v) is 11.6. The molecule has 4 aromatic rings. The molecule has 168 valence electrons. The van der Waals surface area contributed by atoms with Crippen molar-refractivity contribution in [2.45, 2.75) is 97.3 Å². The normalized spacial score (nSPS) is 18.1. The first-order chi connectivity index (χ1) is 14.6. The third-order valence-electron chi connectivity index (χ3n) is 6.91. The Balaban J connectivity index is 1.94. The van der Waals surface area contributed by atoms with Crippen LogP contribution in [0.2, 0.25) is 0 Å². The maximum atomic E-state index is 5.25. The minimum absolute atomic E-state index is 0.00604. The molecule has 4 aromatic heterocycles. The maximum Gasteiger partial charge on any atom is 0.198 e. The quantitative estimate of drug-likeness (QED) is 0.325. The van der Waals surface area contributed by atoms with Crippen molar-refractivity contribution in [2.24, 2.45) is 0 Å². The first kappa shape index (κ1) is 21.3. The number of pyridine rings is 2. The highest BCUT2D eigenvalue weighted by Crippen LogP contribution is 2.48. The van der Waals surface area contributed by atoms with Crippen LogP contribution in [0.3, 0.4) is 0 Å². The van der Waals surface area contributed by atoms with Crippen molar-refractivity contribution in [1.29, 1.82) is 0 Å². The van der Waals surface area contributed by atoms with E-state index in [4.69, 9.17) is 19.9 Å². The summed E-state index contributed by atoms with van der Waals surface area (Å²) in [6.07, 6.45) is 3.02. The Morgan fingerprint density at radius 3 is 2.00 bits per heavy atom. The molecular formula is C27H35N5. The van der Waals surface area contributed by atoms with Gasteiger partial charge in [-0.15, -0.1) is 0 Å². The maximum absolute atomic E-state index is 5.25. The van der Waals surface area contributed by atoms with E-state index in [-0.39, 0.29) is 21.7 Å². The molecule has 0 amide bonds. The SMILES string of the molecule is CC(C)(C)c1cc2cc(C(C)(C)C)n3c4nc5c(nc4nc3c2cn1)C(C)(C)CC5(C)C. The van der Waals surface area contributed by atoms with Gasteiger partial charge in [-0.25, -0.2) is 15.0 Å². The predicted octanol–water partition coefficient (Wildman–Crippen LogP) is 6.38. The minimum atomic E-state index is -0.0826. The lowest BCUT2D eigenvalue weighted by molar-refractivity contribution is 0.396. The number of hydrogen-bond donors (Lipinski definition) is 0. The molecule has 0 aromatic carbocycles. The van der Waals surface area contributed by atoms with Crippen LogP contribution in [0.15, 0.2) is 18.3 Å². The van der Waals surface area contributed by atoms with Crippen molar-refractivity contribution < 1.29 is 0 Å². The number of imidazole rings is 1. The summed E-state index contributed by atoms with van der Waals surface area (Å²) in [6, 6.07) is 4.52. The van der Waals surface area contributed by atoms with Gasteiger partial charge in [-0.3, -0.25) is 9.38 Å². The van der Waals surface area contributed by atoms with Crippen LogP contribution in [-0.2, 0) is 21.7 Å². The van der Waals surface area contributed by atoms with Gasteiger partial charge in [0.25, 0.3) is 0 Å². The van der Waals surface area contributed by atoms with E-state index < -0.39 is 0 Å². The molecular weight excluding hydrogens is 394 g/mol. The van der Waals surface area contributed by atoms with Crippen molar-refractivity contribution >= 4 is 27.7 Å². The first-order valence-electron chi connectivity index (χ1n) is 11.6. The Morgan fingerprint density at radius 1 is 0.781 bits per heavy atom. The van der Waals surface area contributed by atoms with Crippen molar-refractivity contribution in [3.05, 3.63) is 41.1 Å². The zero-order chi connectivity index (χ0) is 23.4. The van der Waals surface area contributed by atoms with Gasteiger partial charge in [0.05, 0.1) is 11.4 Å². The van der Waals surface area contributed by atoms with E-state index in [9.17, 15) is 0 Å². The number of aromatic nitrogens is 5. The van der Waals surface area contributed by atoms with E-state index in [1.807, 2.05) is 6.20 Å². The molecule has 1 aliphatic carbocycles. The fourth-order valence-corrected chi connectivity index (χ4v) is 5.47. The lowest BCUT2D eigenvalue weighted by Crippen LogP contribution is -2.19. The summed E-state index contributed by atoms with van der Waals surface area (Å²) in [4.78, 5) is 20.2. The highest BCUT2D eigenvalue weighted by molar-refractivity contribution is 5.97. The summed E-state index contributed by atoms with van der Waals surface area (Å²) in [6.45, 7) is 22.4. The zero-order valence-corrected chi connectivity index (χ0v) is 21.2. The van der Waals surface area contributed by atoms with Gasteiger partial charge < -0.3 is 0 Å². The summed E-state index contributed by atoms with van der Waals surface area (Å²) >= 11 is 0. The Labute approximate surface area is 190 Å². The van der Waals surface area contributed by atoms with Crippen LogP contribution in [0.5, 0.6) is 0 Å². The third kappa shape index (κ3) is 2.96. The molecule has 0 saturated carbocycles. The summed E-state index contributed by atoms with van der Waals surface area (Å²) in [5.41, 5.74) is 6.86. The molecule has 0 bridgehead atoms. The van der Waals surface area contributed by atoms with Crippen LogP contribution in [0, 0.1) is 0 Å². The van der Waals surface area contributed by atoms with Crippen LogP contribution >= 0.6 is 0 Å². The molecule has 0 aliphatic heterocycles. The van der Waals surface area contributed by atoms with Crippen molar-refractivity contribution in [1.82, 2.24) is 24.3 Å². The van der Waals surface area contributed by atoms with E-state index in [1.165, 1.54) is 11.1 Å². The summed E-state index contributed by atoms with van der Waals surface area (Å²) in [5, 5.41) is 2.22. The molecule has 5 heteroatoms.